The second-order valence-corrected chi connectivity index (χ2v) is 6.79. The molecule has 24 heavy (non-hydrogen) atoms. The van der Waals surface area contributed by atoms with E-state index in [0.717, 1.165) is 37.1 Å². The van der Waals surface area contributed by atoms with Crippen molar-refractivity contribution in [1.29, 1.82) is 0 Å². The monoisotopic (exact) mass is 331 g/mol. The molecule has 1 fully saturated rings. The number of carbonyl (C=O) groups is 2. The normalized spacial score (nSPS) is 15.5. The van der Waals surface area contributed by atoms with Crippen LogP contribution < -0.4 is 5.32 Å². The van der Waals surface area contributed by atoms with Gasteiger partial charge in [-0.1, -0.05) is 44.5 Å². The molecule has 3 amide bonds. The van der Waals surface area contributed by atoms with E-state index in [2.05, 4.69) is 25.2 Å². The van der Waals surface area contributed by atoms with Crippen LogP contribution in [0.2, 0.25) is 0 Å². The average Bonchev–Trinajstić information content (AvgIpc) is 2.97. The minimum Gasteiger partial charge on any atom is -0.338 e. The second kappa shape index (κ2) is 8.71. The highest BCUT2D eigenvalue weighted by molar-refractivity contribution is 5.78. The van der Waals surface area contributed by atoms with Gasteiger partial charge in [0.05, 0.1) is 0 Å². The number of nitrogens with zero attached hydrogens (tertiary/aromatic N) is 2. The van der Waals surface area contributed by atoms with Crippen LogP contribution in [0.1, 0.15) is 44.2 Å². The Morgan fingerprint density at radius 3 is 2.79 bits per heavy atom. The molecule has 1 heterocycles. The van der Waals surface area contributed by atoms with Crippen LogP contribution in [-0.4, -0.2) is 41.9 Å². The first-order valence-electron chi connectivity index (χ1n) is 8.84. The average molecular weight is 331 g/mol. The van der Waals surface area contributed by atoms with Crippen molar-refractivity contribution in [1.82, 2.24) is 15.1 Å². The zero-order chi connectivity index (χ0) is 17.5. The van der Waals surface area contributed by atoms with Gasteiger partial charge in [0, 0.05) is 39.6 Å². The predicted octanol–water partition coefficient (Wildman–Crippen LogP) is 3.00. The molecule has 0 saturated carbocycles. The van der Waals surface area contributed by atoms with E-state index >= 15 is 0 Å². The lowest BCUT2D eigenvalue weighted by molar-refractivity contribution is -0.128. The molecule has 1 unspecified atom stereocenters. The summed E-state index contributed by atoms with van der Waals surface area (Å²) >= 11 is 0. The molecule has 0 aromatic heterocycles. The number of rotatable bonds is 7. The molecule has 2 rings (SSSR count). The molecule has 0 bridgehead atoms. The van der Waals surface area contributed by atoms with Gasteiger partial charge in [0.2, 0.25) is 5.91 Å². The Balaban J connectivity index is 1.85. The maximum absolute atomic E-state index is 12.1. The third kappa shape index (κ3) is 5.25. The fraction of sp³-hybridized carbons (Fsp3) is 0.579. The Morgan fingerprint density at radius 1 is 1.38 bits per heavy atom. The zero-order valence-electron chi connectivity index (χ0n) is 15.0. The van der Waals surface area contributed by atoms with Gasteiger partial charge in [0.25, 0.3) is 0 Å². The lowest BCUT2D eigenvalue weighted by atomic mass is 10.1. The molecule has 5 nitrogen and oxygen atoms in total. The summed E-state index contributed by atoms with van der Waals surface area (Å²) in [7, 11) is 1.83. The third-order valence-corrected chi connectivity index (χ3v) is 4.61. The van der Waals surface area contributed by atoms with E-state index in [9.17, 15) is 9.59 Å². The van der Waals surface area contributed by atoms with E-state index in [-0.39, 0.29) is 11.9 Å². The standard InChI is InChI=1S/C19H29N3O2/c1-4-15(2)13-21(3)19(24)20-12-16-7-5-8-17(11-16)14-22-10-6-9-18(22)23/h5,7-8,11,15H,4,6,9-10,12-14H2,1-3H3,(H,20,24). The van der Waals surface area contributed by atoms with Crippen LogP contribution in [0.3, 0.4) is 0 Å². The van der Waals surface area contributed by atoms with Crippen LogP contribution in [0.4, 0.5) is 4.79 Å². The van der Waals surface area contributed by atoms with Crippen LogP contribution in [-0.2, 0) is 17.9 Å². The molecule has 1 atom stereocenters. The minimum absolute atomic E-state index is 0.0459. The topological polar surface area (TPSA) is 52.7 Å². The van der Waals surface area contributed by atoms with Crippen LogP contribution >= 0.6 is 0 Å². The summed E-state index contributed by atoms with van der Waals surface area (Å²) < 4.78 is 0. The summed E-state index contributed by atoms with van der Waals surface area (Å²) in [4.78, 5) is 27.5. The Bertz CT molecular complexity index is 573. The van der Waals surface area contributed by atoms with Crippen molar-refractivity contribution in [3.63, 3.8) is 0 Å². The van der Waals surface area contributed by atoms with Gasteiger partial charge < -0.3 is 15.1 Å². The number of carbonyl (C=O) groups excluding carboxylic acids is 2. The largest absolute Gasteiger partial charge is 0.338 e. The Labute approximate surface area is 145 Å². The van der Waals surface area contributed by atoms with E-state index in [1.54, 1.807) is 4.90 Å². The first-order valence-corrected chi connectivity index (χ1v) is 8.84. The van der Waals surface area contributed by atoms with Crippen molar-refractivity contribution in [2.45, 2.75) is 46.2 Å². The number of urea groups is 1. The molecule has 1 aliphatic heterocycles. The number of benzene rings is 1. The van der Waals surface area contributed by atoms with Gasteiger partial charge in [-0.25, -0.2) is 4.79 Å². The molecule has 0 aliphatic carbocycles. The second-order valence-electron chi connectivity index (χ2n) is 6.79. The molecular weight excluding hydrogens is 302 g/mol. The van der Waals surface area contributed by atoms with Crippen molar-refractivity contribution in [3.05, 3.63) is 35.4 Å². The SMILES string of the molecule is CCC(C)CN(C)C(=O)NCc1cccc(CN2CCCC2=O)c1. The molecular formula is C19H29N3O2. The Morgan fingerprint density at radius 2 is 2.12 bits per heavy atom. The smallest absolute Gasteiger partial charge is 0.317 e. The fourth-order valence-electron chi connectivity index (χ4n) is 2.92. The van der Waals surface area contributed by atoms with Gasteiger partial charge in [-0.2, -0.15) is 0 Å². The summed E-state index contributed by atoms with van der Waals surface area (Å²) in [6.07, 6.45) is 2.68. The molecule has 1 N–H and O–H groups in total. The number of amides is 3. The first-order chi connectivity index (χ1) is 11.5. The molecule has 1 aromatic rings. The first kappa shape index (κ1) is 18.3. The molecule has 1 aliphatic rings. The molecule has 1 saturated heterocycles. The molecule has 0 spiro atoms. The summed E-state index contributed by atoms with van der Waals surface area (Å²) in [6, 6.07) is 8.05. The van der Waals surface area contributed by atoms with Crippen LogP contribution in [0.25, 0.3) is 0 Å². The van der Waals surface area contributed by atoms with Crippen LogP contribution in [0.5, 0.6) is 0 Å². The quantitative estimate of drug-likeness (QED) is 0.835. The van der Waals surface area contributed by atoms with Gasteiger partial charge >= 0.3 is 6.03 Å². The lowest BCUT2D eigenvalue weighted by Crippen LogP contribution is -2.39. The van der Waals surface area contributed by atoms with E-state index in [0.29, 0.717) is 25.4 Å². The van der Waals surface area contributed by atoms with Gasteiger partial charge in [0.15, 0.2) is 0 Å². The Kier molecular flexibility index (Phi) is 6.64. The van der Waals surface area contributed by atoms with Crippen molar-refractivity contribution in [2.75, 3.05) is 20.1 Å². The van der Waals surface area contributed by atoms with Crippen molar-refractivity contribution >= 4 is 11.9 Å². The summed E-state index contributed by atoms with van der Waals surface area (Å²) in [5.74, 6) is 0.738. The third-order valence-electron chi connectivity index (χ3n) is 4.61. The van der Waals surface area contributed by atoms with Crippen molar-refractivity contribution < 1.29 is 9.59 Å². The van der Waals surface area contributed by atoms with Gasteiger partial charge in [0.1, 0.15) is 0 Å². The lowest BCUT2D eigenvalue weighted by Gasteiger charge is -2.21. The summed E-state index contributed by atoms with van der Waals surface area (Å²) in [6.45, 7) is 7.06. The highest BCUT2D eigenvalue weighted by Gasteiger charge is 2.20. The maximum atomic E-state index is 12.1. The number of likely N-dealkylation sites (tertiary alicyclic amines) is 1. The highest BCUT2D eigenvalue weighted by atomic mass is 16.2. The number of hydrogen-bond donors (Lipinski definition) is 1. The van der Waals surface area contributed by atoms with Gasteiger partial charge in [-0.3, -0.25) is 4.79 Å². The van der Waals surface area contributed by atoms with Crippen molar-refractivity contribution in [3.8, 4) is 0 Å². The molecule has 5 heteroatoms. The van der Waals surface area contributed by atoms with Crippen molar-refractivity contribution in [2.24, 2.45) is 5.92 Å². The molecule has 1 aromatic carbocycles. The molecule has 0 radical (unpaired) electrons. The number of nitrogens with one attached hydrogen (secondary N) is 1. The van der Waals surface area contributed by atoms with E-state index < -0.39 is 0 Å². The Hall–Kier alpha value is -2.04. The summed E-state index contributed by atoms with van der Waals surface area (Å²) in [5.41, 5.74) is 2.18. The van der Waals surface area contributed by atoms with E-state index in [1.165, 1.54) is 0 Å². The van der Waals surface area contributed by atoms with Crippen LogP contribution in [0.15, 0.2) is 24.3 Å². The van der Waals surface area contributed by atoms with E-state index in [4.69, 9.17) is 0 Å². The van der Waals surface area contributed by atoms with E-state index in [1.807, 2.05) is 30.1 Å². The van der Waals surface area contributed by atoms with Gasteiger partial charge in [-0.05, 0) is 23.5 Å². The minimum atomic E-state index is -0.0459. The fourth-order valence-corrected chi connectivity index (χ4v) is 2.92. The zero-order valence-corrected chi connectivity index (χ0v) is 15.0. The highest BCUT2D eigenvalue weighted by Crippen LogP contribution is 2.15. The van der Waals surface area contributed by atoms with Crippen LogP contribution in [0, 0.1) is 5.92 Å². The number of hydrogen-bond acceptors (Lipinski definition) is 2. The van der Waals surface area contributed by atoms with Gasteiger partial charge in [-0.15, -0.1) is 0 Å². The summed E-state index contributed by atoms with van der Waals surface area (Å²) in [5, 5.41) is 2.96. The molecule has 132 valence electrons. The predicted molar refractivity (Wildman–Crippen MR) is 95.4 cm³/mol. The maximum Gasteiger partial charge on any atom is 0.317 e.